The van der Waals surface area contributed by atoms with Gasteiger partial charge in [0.2, 0.25) is 5.88 Å². The smallest absolute Gasteiger partial charge is 0.331 e. The van der Waals surface area contributed by atoms with Gasteiger partial charge in [0.15, 0.2) is 0 Å². The maximum absolute atomic E-state index is 13.4. The van der Waals surface area contributed by atoms with Crippen molar-refractivity contribution in [2.24, 2.45) is 0 Å². The fraction of sp³-hybridized carbons (Fsp3) is 0.182. The van der Waals surface area contributed by atoms with Crippen LogP contribution in [0, 0.1) is 0 Å². The van der Waals surface area contributed by atoms with Crippen LogP contribution in [0.15, 0.2) is 62.7 Å². The van der Waals surface area contributed by atoms with E-state index in [9.17, 15) is 24.3 Å². The number of aromatic nitrogens is 4. The number of allylic oxidation sites excluding steroid dienone is 2. The Balaban J connectivity index is 2.16. The van der Waals surface area contributed by atoms with Crippen molar-refractivity contribution in [1.82, 2.24) is 19.1 Å². The highest BCUT2D eigenvalue weighted by molar-refractivity contribution is 5.58. The molecule has 1 aliphatic rings. The Morgan fingerprint density at radius 3 is 2.39 bits per heavy atom. The Kier molecular flexibility index (Phi) is 5.38. The van der Waals surface area contributed by atoms with E-state index in [1.165, 1.54) is 31.4 Å². The van der Waals surface area contributed by atoms with E-state index in [1.54, 1.807) is 6.07 Å². The van der Waals surface area contributed by atoms with Crippen molar-refractivity contribution in [3.8, 4) is 23.3 Å². The lowest BCUT2D eigenvalue weighted by Gasteiger charge is -2.30. The Morgan fingerprint density at radius 1 is 1.06 bits per heavy atom. The molecule has 0 saturated heterocycles. The molecule has 3 heterocycles. The van der Waals surface area contributed by atoms with E-state index in [0.717, 1.165) is 9.13 Å². The highest BCUT2D eigenvalue weighted by Gasteiger charge is 2.36. The first kappa shape index (κ1) is 21.7. The molecular formula is C22H19N4O7-. The number of benzene rings is 1. The second-order valence-corrected chi connectivity index (χ2v) is 7.19. The monoisotopic (exact) mass is 451 g/mol. The van der Waals surface area contributed by atoms with E-state index < -0.39 is 34.3 Å². The predicted octanol–water partition coefficient (Wildman–Crippen LogP) is 0.127. The van der Waals surface area contributed by atoms with Gasteiger partial charge in [0.05, 0.1) is 18.6 Å². The van der Waals surface area contributed by atoms with Crippen LogP contribution in [0.1, 0.15) is 22.6 Å². The molecule has 2 aromatic heterocycles. The van der Waals surface area contributed by atoms with Crippen LogP contribution in [0.4, 0.5) is 0 Å². The van der Waals surface area contributed by atoms with Crippen LogP contribution in [-0.2, 0) is 13.1 Å². The molecule has 0 radical (unpaired) electrons. The van der Waals surface area contributed by atoms with Crippen molar-refractivity contribution < 1.29 is 14.6 Å². The second-order valence-electron chi connectivity index (χ2n) is 7.19. The van der Waals surface area contributed by atoms with E-state index in [-0.39, 0.29) is 41.4 Å². The highest BCUT2D eigenvalue weighted by atomic mass is 16.5. The first-order valence-electron chi connectivity index (χ1n) is 9.81. The molecule has 1 aliphatic heterocycles. The second kappa shape index (κ2) is 8.19. The Labute approximate surface area is 185 Å². The van der Waals surface area contributed by atoms with Gasteiger partial charge < -0.3 is 19.1 Å². The molecule has 170 valence electrons. The highest BCUT2D eigenvalue weighted by Crippen LogP contribution is 2.46. The summed E-state index contributed by atoms with van der Waals surface area (Å²) in [4.78, 5) is 55.6. The standard InChI is InChI=1S/C22H20N4O7/c1-4-8-25-19(28)15(17(27)23-21(25)30)14-12-10-11(32-3)6-7-13(12)33-18-16(14)20(29)26(9-5-2)22(31)24-18/h4-7,10,14,28H,1-2,8-9H2,3H3,(H,24,31)(H,23,27,30)/p-1. The minimum Gasteiger partial charge on any atom is -0.860 e. The summed E-state index contributed by atoms with van der Waals surface area (Å²) in [6.07, 6.45) is 2.68. The van der Waals surface area contributed by atoms with E-state index in [1.807, 2.05) is 0 Å². The third kappa shape index (κ3) is 3.39. The summed E-state index contributed by atoms with van der Waals surface area (Å²) in [5, 5.41) is 13.3. The van der Waals surface area contributed by atoms with E-state index in [4.69, 9.17) is 9.47 Å². The molecule has 3 aromatic rings. The topological polar surface area (TPSA) is 151 Å². The van der Waals surface area contributed by atoms with Crippen LogP contribution in [0.2, 0.25) is 0 Å². The van der Waals surface area contributed by atoms with Gasteiger partial charge in [-0.25, -0.2) is 9.59 Å². The van der Waals surface area contributed by atoms with Gasteiger partial charge in [-0.3, -0.25) is 24.1 Å². The number of H-pyrrole nitrogens is 2. The van der Waals surface area contributed by atoms with E-state index in [2.05, 4.69) is 23.1 Å². The zero-order valence-corrected chi connectivity index (χ0v) is 17.5. The van der Waals surface area contributed by atoms with Crippen LogP contribution in [-0.4, -0.2) is 26.2 Å². The van der Waals surface area contributed by atoms with Crippen LogP contribution < -0.4 is 37.1 Å². The Hall–Kier alpha value is -4.54. The molecule has 1 unspecified atom stereocenters. The number of hydrogen-bond donors (Lipinski definition) is 2. The molecule has 0 spiro atoms. The number of aromatic amines is 2. The lowest BCUT2D eigenvalue weighted by Crippen LogP contribution is -2.41. The number of rotatable bonds is 6. The molecule has 1 atom stereocenters. The molecule has 33 heavy (non-hydrogen) atoms. The summed E-state index contributed by atoms with van der Waals surface area (Å²) in [6, 6.07) is 4.63. The summed E-state index contributed by atoms with van der Waals surface area (Å²) < 4.78 is 12.7. The molecular weight excluding hydrogens is 432 g/mol. The first-order chi connectivity index (χ1) is 15.8. The third-order valence-electron chi connectivity index (χ3n) is 5.31. The Morgan fingerprint density at radius 2 is 1.73 bits per heavy atom. The van der Waals surface area contributed by atoms with Gasteiger partial charge >= 0.3 is 11.4 Å². The van der Waals surface area contributed by atoms with Gasteiger partial charge in [-0.1, -0.05) is 12.2 Å². The fourth-order valence-electron chi connectivity index (χ4n) is 3.85. The molecule has 0 fully saturated rings. The van der Waals surface area contributed by atoms with Crippen LogP contribution in [0.25, 0.3) is 0 Å². The quantitative estimate of drug-likeness (QED) is 0.395. The molecule has 0 bridgehead atoms. The predicted molar refractivity (Wildman–Crippen MR) is 116 cm³/mol. The van der Waals surface area contributed by atoms with Crippen molar-refractivity contribution in [3.05, 3.63) is 102 Å². The van der Waals surface area contributed by atoms with Crippen molar-refractivity contribution in [2.75, 3.05) is 7.11 Å². The molecule has 2 N–H and O–H groups in total. The van der Waals surface area contributed by atoms with Gasteiger partial charge in [-0.2, -0.15) is 0 Å². The Bertz CT molecular complexity index is 1520. The summed E-state index contributed by atoms with van der Waals surface area (Å²) in [5.41, 5.74) is -3.62. The van der Waals surface area contributed by atoms with Crippen LogP contribution in [0.5, 0.6) is 23.3 Å². The molecule has 4 rings (SSSR count). The van der Waals surface area contributed by atoms with Crippen LogP contribution >= 0.6 is 0 Å². The number of hydrogen-bond acceptors (Lipinski definition) is 7. The SMILES string of the molecule is C=CCn1c([O-])c(C2c3cc(OC)ccc3Oc3[nH]c(=O)n(CC=C)c(=O)c32)c(=O)[nH]c1=O. The number of ether oxygens (including phenoxy) is 2. The van der Waals surface area contributed by atoms with Gasteiger partial charge in [0, 0.05) is 24.2 Å². The normalized spacial score (nSPS) is 14.0. The lowest BCUT2D eigenvalue weighted by atomic mass is 9.84. The van der Waals surface area contributed by atoms with Gasteiger partial charge in [0.1, 0.15) is 11.5 Å². The summed E-state index contributed by atoms with van der Waals surface area (Å²) in [7, 11) is 1.43. The zero-order valence-electron chi connectivity index (χ0n) is 17.5. The molecule has 0 aliphatic carbocycles. The van der Waals surface area contributed by atoms with Gasteiger partial charge in [-0.15, -0.1) is 13.2 Å². The summed E-state index contributed by atoms with van der Waals surface area (Å²) in [6.45, 7) is 6.79. The molecule has 11 heteroatoms. The van der Waals surface area contributed by atoms with Crippen molar-refractivity contribution in [1.29, 1.82) is 0 Å². The number of methoxy groups -OCH3 is 1. The third-order valence-corrected chi connectivity index (χ3v) is 5.31. The number of nitrogens with zero attached hydrogens (tertiary/aromatic N) is 2. The summed E-state index contributed by atoms with van der Waals surface area (Å²) in [5.74, 6) is -1.77. The number of nitrogens with one attached hydrogen (secondary N) is 2. The summed E-state index contributed by atoms with van der Waals surface area (Å²) >= 11 is 0. The van der Waals surface area contributed by atoms with E-state index in [0.29, 0.717) is 5.75 Å². The average Bonchev–Trinajstić information content (AvgIpc) is 2.78. The minimum atomic E-state index is -1.26. The van der Waals surface area contributed by atoms with Crippen molar-refractivity contribution in [2.45, 2.75) is 19.0 Å². The maximum Gasteiger partial charge on any atom is 0.331 e. The van der Waals surface area contributed by atoms with Crippen molar-refractivity contribution >= 4 is 0 Å². The maximum atomic E-state index is 13.4. The van der Waals surface area contributed by atoms with Crippen molar-refractivity contribution in [3.63, 3.8) is 0 Å². The average molecular weight is 451 g/mol. The van der Waals surface area contributed by atoms with Gasteiger partial charge in [0.25, 0.3) is 11.1 Å². The minimum absolute atomic E-state index is 0.115. The van der Waals surface area contributed by atoms with Crippen LogP contribution in [0.3, 0.4) is 0 Å². The van der Waals surface area contributed by atoms with Gasteiger partial charge in [-0.05, 0) is 24.1 Å². The molecule has 0 amide bonds. The fourth-order valence-corrected chi connectivity index (χ4v) is 3.85. The zero-order chi connectivity index (χ0) is 23.9. The number of fused-ring (bicyclic) bond motifs is 2. The molecule has 1 aromatic carbocycles. The molecule has 0 saturated carbocycles. The van der Waals surface area contributed by atoms with E-state index >= 15 is 0 Å². The molecule has 11 nitrogen and oxygen atoms in total. The first-order valence-corrected chi connectivity index (χ1v) is 9.81. The largest absolute Gasteiger partial charge is 0.860 e. The lowest BCUT2D eigenvalue weighted by molar-refractivity contribution is -0.281.